The Hall–Kier alpha value is -1.38. The molecule has 26 heavy (non-hydrogen) atoms. The average Bonchev–Trinajstić information content (AvgIpc) is 3.13. The van der Waals surface area contributed by atoms with Crippen LogP contribution in [-0.2, 0) is 5.75 Å². The smallest absolute Gasteiger partial charge is 0.0160 e. The molecule has 0 aromatic heterocycles. The van der Waals surface area contributed by atoms with Crippen molar-refractivity contribution in [1.82, 2.24) is 0 Å². The van der Waals surface area contributed by atoms with Gasteiger partial charge in [-0.3, -0.25) is 0 Å². The van der Waals surface area contributed by atoms with Crippen LogP contribution in [0.1, 0.15) is 63.1 Å². The van der Waals surface area contributed by atoms with Crippen LogP contribution in [0.2, 0.25) is 0 Å². The van der Waals surface area contributed by atoms with Crippen molar-refractivity contribution < 1.29 is 0 Å². The summed E-state index contributed by atoms with van der Waals surface area (Å²) < 4.78 is 0. The minimum absolute atomic E-state index is 0.731. The summed E-state index contributed by atoms with van der Waals surface area (Å²) in [5.74, 6) is 0.731. The lowest BCUT2D eigenvalue weighted by molar-refractivity contribution is 0.932. The van der Waals surface area contributed by atoms with E-state index in [1.54, 1.807) is 0 Å². The first kappa shape index (κ1) is 20.9. The van der Waals surface area contributed by atoms with Gasteiger partial charge < -0.3 is 0 Å². The lowest BCUT2D eigenvalue weighted by Gasteiger charge is -2.24. The second kappa shape index (κ2) is 9.53. The van der Waals surface area contributed by atoms with E-state index in [-0.39, 0.29) is 0 Å². The molecule has 1 aromatic rings. The third kappa shape index (κ3) is 3.97. The fourth-order valence-electron chi connectivity index (χ4n) is 3.74. The molecule has 0 atom stereocenters. The molecular weight excluding hydrogens is 352 g/mol. The van der Waals surface area contributed by atoms with E-state index in [9.17, 15) is 0 Å². The minimum atomic E-state index is 0.731. The largest absolute Gasteiger partial charge is 0.175 e. The quantitative estimate of drug-likeness (QED) is 0.479. The Labute approximate surface area is 170 Å². The molecule has 0 unspecified atom stereocenters. The van der Waals surface area contributed by atoms with Gasteiger partial charge in [-0.2, -0.15) is 12.6 Å². The molecule has 0 heterocycles. The maximum Gasteiger partial charge on any atom is 0.0160 e. The fourth-order valence-corrected chi connectivity index (χ4v) is 4.46. The number of fused-ring (bicyclic) bond motifs is 2. The SMILES string of the molecule is C=C\C=C1C(=C)c2cccc(CS)c2/C(C)=C2/CCC/C2=C/1S.CCC. The maximum atomic E-state index is 4.88. The Morgan fingerprint density at radius 3 is 2.42 bits per heavy atom. The van der Waals surface area contributed by atoms with Crippen LogP contribution < -0.4 is 0 Å². The van der Waals surface area contributed by atoms with E-state index in [1.165, 1.54) is 46.3 Å². The second-order valence-corrected chi connectivity index (χ2v) is 7.55. The summed E-state index contributed by atoms with van der Waals surface area (Å²) in [5, 5.41) is 0. The first-order valence-corrected chi connectivity index (χ1v) is 10.5. The third-order valence-corrected chi connectivity index (χ3v) is 5.69. The average molecular weight is 383 g/mol. The lowest BCUT2D eigenvalue weighted by Crippen LogP contribution is -2.04. The van der Waals surface area contributed by atoms with E-state index in [1.807, 2.05) is 12.2 Å². The topological polar surface area (TPSA) is 0 Å². The zero-order valence-corrected chi connectivity index (χ0v) is 18.0. The molecule has 1 fully saturated rings. The van der Waals surface area contributed by atoms with Crippen molar-refractivity contribution in [1.29, 1.82) is 0 Å². The molecular formula is C24H30S2. The number of hydrogen-bond acceptors (Lipinski definition) is 2. The Morgan fingerprint density at radius 1 is 1.15 bits per heavy atom. The van der Waals surface area contributed by atoms with Crippen LogP contribution in [0.4, 0.5) is 0 Å². The molecule has 0 radical (unpaired) electrons. The van der Waals surface area contributed by atoms with Gasteiger partial charge in [0, 0.05) is 10.7 Å². The van der Waals surface area contributed by atoms with E-state index in [0.29, 0.717) is 0 Å². The predicted octanol–water partition coefficient (Wildman–Crippen LogP) is 7.81. The summed E-state index contributed by atoms with van der Waals surface area (Å²) in [5.41, 5.74) is 10.1. The standard InChI is InChI=1S/C21H22S2.C3H8/c1-4-7-18-13(2)17-10-5-8-15(12-22)20(17)14(3)16-9-6-11-19(16)21(18)23;1-3-2/h4-5,7-8,10,22-23H,1-2,6,9,11-12H2,3H3;3H2,1-2H3/b16-14-,18-7+,21-19+;. The van der Waals surface area contributed by atoms with Gasteiger partial charge in [0.1, 0.15) is 0 Å². The highest BCUT2D eigenvalue weighted by Gasteiger charge is 2.27. The Morgan fingerprint density at radius 2 is 1.81 bits per heavy atom. The van der Waals surface area contributed by atoms with E-state index in [2.05, 4.69) is 64.8 Å². The van der Waals surface area contributed by atoms with Crippen molar-refractivity contribution in [2.24, 2.45) is 0 Å². The van der Waals surface area contributed by atoms with Crippen molar-refractivity contribution in [3.8, 4) is 0 Å². The van der Waals surface area contributed by atoms with Gasteiger partial charge in [-0.1, -0.05) is 63.8 Å². The zero-order valence-electron chi connectivity index (χ0n) is 16.2. The van der Waals surface area contributed by atoms with E-state index in [0.717, 1.165) is 34.6 Å². The summed E-state index contributed by atoms with van der Waals surface area (Å²) in [6.45, 7) is 14.7. The molecule has 1 saturated carbocycles. The first-order valence-electron chi connectivity index (χ1n) is 9.39. The Balaban J connectivity index is 0.000000758. The summed E-state index contributed by atoms with van der Waals surface area (Å²) in [6.07, 6.45) is 8.51. The van der Waals surface area contributed by atoms with Gasteiger partial charge in [0.05, 0.1) is 0 Å². The van der Waals surface area contributed by atoms with Crippen LogP contribution in [0.5, 0.6) is 0 Å². The van der Waals surface area contributed by atoms with Gasteiger partial charge in [0.25, 0.3) is 0 Å². The minimum Gasteiger partial charge on any atom is -0.175 e. The number of rotatable bonds is 2. The van der Waals surface area contributed by atoms with Crippen molar-refractivity contribution in [2.75, 3.05) is 0 Å². The Bertz CT molecular complexity index is 803. The monoisotopic (exact) mass is 382 g/mol. The summed E-state index contributed by atoms with van der Waals surface area (Å²) in [6, 6.07) is 6.42. The molecule has 138 valence electrons. The molecule has 0 N–H and O–H groups in total. The number of thiol groups is 2. The zero-order chi connectivity index (χ0) is 19.3. The van der Waals surface area contributed by atoms with Crippen molar-refractivity contribution in [3.63, 3.8) is 0 Å². The van der Waals surface area contributed by atoms with Crippen LogP contribution in [0, 0.1) is 0 Å². The van der Waals surface area contributed by atoms with Crippen LogP contribution in [0.3, 0.4) is 0 Å². The van der Waals surface area contributed by atoms with Crippen molar-refractivity contribution in [3.05, 3.63) is 81.8 Å². The number of allylic oxidation sites excluding steroid dienone is 7. The maximum absolute atomic E-state index is 4.88. The number of benzene rings is 1. The molecule has 0 spiro atoms. The highest BCUT2D eigenvalue weighted by Crippen LogP contribution is 2.47. The fraction of sp³-hybridized carbons (Fsp3) is 0.333. The molecule has 2 aliphatic carbocycles. The van der Waals surface area contributed by atoms with Crippen LogP contribution in [0.25, 0.3) is 11.1 Å². The lowest BCUT2D eigenvalue weighted by atomic mass is 9.82. The Kier molecular flexibility index (Phi) is 7.67. The van der Waals surface area contributed by atoms with Gasteiger partial charge in [0.2, 0.25) is 0 Å². The van der Waals surface area contributed by atoms with Gasteiger partial charge in [-0.25, -0.2) is 0 Å². The molecule has 0 saturated heterocycles. The van der Waals surface area contributed by atoms with Crippen molar-refractivity contribution >= 4 is 36.4 Å². The van der Waals surface area contributed by atoms with E-state index < -0.39 is 0 Å². The van der Waals surface area contributed by atoms with Gasteiger partial charge in [-0.05, 0) is 70.7 Å². The molecule has 0 nitrogen and oxygen atoms in total. The molecule has 3 rings (SSSR count). The normalized spacial score (nSPS) is 23.6. The molecule has 2 heteroatoms. The third-order valence-electron chi connectivity index (χ3n) is 4.84. The summed E-state index contributed by atoms with van der Waals surface area (Å²) >= 11 is 9.42. The van der Waals surface area contributed by atoms with E-state index in [4.69, 9.17) is 12.6 Å². The highest BCUT2D eigenvalue weighted by atomic mass is 32.1. The molecule has 0 amide bonds. The highest BCUT2D eigenvalue weighted by molar-refractivity contribution is 7.84. The molecule has 1 aromatic carbocycles. The van der Waals surface area contributed by atoms with Crippen LogP contribution in [-0.4, -0.2) is 0 Å². The van der Waals surface area contributed by atoms with Gasteiger partial charge in [0.15, 0.2) is 0 Å². The second-order valence-electron chi connectivity index (χ2n) is 6.78. The summed E-state index contributed by atoms with van der Waals surface area (Å²) in [4.78, 5) is 1.06. The number of hydrogen-bond donors (Lipinski definition) is 2. The van der Waals surface area contributed by atoms with Crippen LogP contribution in [0.15, 0.2) is 65.1 Å². The predicted molar refractivity (Wildman–Crippen MR) is 125 cm³/mol. The molecule has 2 aliphatic rings. The summed E-state index contributed by atoms with van der Waals surface area (Å²) in [7, 11) is 0. The molecule has 0 bridgehead atoms. The molecule has 0 aliphatic heterocycles. The van der Waals surface area contributed by atoms with Crippen molar-refractivity contribution in [2.45, 2.75) is 52.2 Å². The van der Waals surface area contributed by atoms with Gasteiger partial charge in [-0.15, -0.1) is 12.6 Å². The first-order chi connectivity index (χ1) is 12.5. The van der Waals surface area contributed by atoms with Gasteiger partial charge >= 0.3 is 0 Å². The van der Waals surface area contributed by atoms with E-state index >= 15 is 0 Å². The van der Waals surface area contributed by atoms with Crippen LogP contribution >= 0.6 is 25.3 Å².